The summed E-state index contributed by atoms with van der Waals surface area (Å²) in [6, 6.07) is 15.3. The van der Waals surface area contributed by atoms with Gasteiger partial charge in [-0.1, -0.05) is 23.6 Å². The van der Waals surface area contributed by atoms with Gasteiger partial charge in [0, 0.05) is 36.4 Å². The highest BCUT2D eigenvalue weighted by atomic mass is 35.5. The van der Waals surface area contributed by atoms with Crippen LogP contribution in [0.15, 0.2) is 65.8 Å². The number of nitrogens with zero attached hydrogens (tertiary/aromatic N) is 3. The van der Waals surface area contributed by atoms with Crippen LogP contribution in [0.5, 0.6) is 0 Å². The van der Waals surface area contributed by atoms with Crippen molar-refractivity contribution in [2.24, 2.45) is 5.10 Å². The minimum atomic E-state index is -0.717. The van der Waals surface area contributed by atoms with Crippen LogP contribution in [0.1, 0.15) is 31.8 Å². The summed E-state index contributed by atoms with van der Waals surface area (Å²) in [5, 5.41) is 11.7. The van der Waals surface area contributed by atoms with Crippen molar-refractivity contribution < 1.29 is 14.0 Å². The van der Waals surface area contributed by atoms with E-state index >= 15 is 0 Å². The molecule has 0 spiro atoms. The molecule has 37 heavy (non-hydrogen) atoms. The van der Waals surface area contributed by atoms with Crippen molar-refractivity contribution in [2.45, 2.75) is 0 Å². The van der Waals surface area contributed by atoms with Crippen LogP contribution in [0.3, 0.4) is 0 Å². The topological polar surface area (TPSA) is 77.0 Å². The number of terminal acetylenes is 1. The van der Waals surface area contributed by atoms with Gasteiger partial charge in [-0.2, -0.15) is 5.10 Å². The molecule has 0 unspecified atom stereocenters. The summed E-state index contributed by atoms with van der Waals surface area (Å²) in [5.41, 5.74) is 1.81. The Kier molecular flexibility index (Phi) is 9.39. The zero-order valence-electron chi connectivity index (χ0n) is 20.8. The van der Waals surface area contributed by atoms with E-state index in [9.17, 15) is 14.0 Å². The van der Waals surface area contributed by atoms with Crippen molar-refractivity contribution in [3.05, 3.63) is 93.8 Å². The normalized spacial score (nSPS) is 10.8. The first-order valence-corrected chi connectivity index (χ1v) is 11.7. The molecule has 190 valence electrons. The van der Waals surface area contributed by atoms with Gasteiger partial charge < -0.3 is 15.5 Å². The lowest BCUT2D eigenvalue weighted by atomic mass is 10.1. The molecule has 3 aromatic rings. The van der Waals surface area contributed by atoms with E-state index in [4.69, 9.17) is 18.0 Å². The zero-order valence-corrected chi connectivity index (χ0v) is 21.5. The molecule has 2 amide bonds. The monoisotopic (exact) mass is 519 g/mol. The van der Waals surface area contributed by atoms with Crippen LogP contribution in [-0.4, -0.2) is 62.2 Å². The van der Waals surface area contributed by atoms with E-state index in [1.54, 1.807) is 35.3 Å². The first kappa shape index (κ1) is 27.4. The number of nitrogens with one attached hydrogen (secondary N) is 2. The smallest absolute Gasteiger partial charge is 0.258 e. The lowest BCUT2D eigenvalue weighted by Gasteiger charge is -2.16. The maximum absolute atomic E-state index is 14.8. The molecular weight excluding hydrogens is 493 g/mol. The Balaban J connectivity index is 1.74. The van der Waals surface area contributed by atoms with E-state index in [0.717, 1.165) is 6.54 Å². The van der Waals surface area contributed by atoms with E-state index in [-0.39, 0.29) is 16.8 Å². The van der Waals surface area contributed by atoms with Gasteiger partial charge in [0.1, 0.15) is 5.82 Å². The van der Waals surface area contributed by atoms with E-state index in [2.05, 4.69) is 21.7 Å². The number of carbonyl (C=O) groups is 2. The SMILES string of the molecule is C#Cc1ccc(NC(=O)c2cc(Cl)ccc2NC(=O)c2ccc(C=NN(C)CCN(C)C)cc2F)cc1. The van der Waals surface area contributed by atoms with E-state index in [1.165, 1.54) is 36.5 Å². The second-order valence-electron chi connectivity index (χ2n) is 8.49. The second kappa shape index (κ2) is 12.7. The number of carbonyl (C=O) groups excluding carboxylic acids is 2. The summed E-state index contributed by atoms with van der Waals surface area (Å²) in [7, 11) is 5.76. The van der Waals surface area contributed by atoms with Crippen molar-refractivity contribution >= 4 is 41.0 Å². The molecule has 0 saturated carbocycles. The molecule has 0 fully saturated rings. The summed E-state index contributed by atoms with van der Waals surface area (Å²) >= 11 is 6.09. The Morgan fingerprint density at radius 3 is 2.32 bits per heavy atom. The van der Waals surface area contributed by atoms with Crippen LogP contribution >= 0.6 is 11.6 Å². The molecule has 3 aromatic carbocycles. The molecule has 9 heteroatoms. The number of hydrazone groups is 1. The van der Waals surface area contributed by atoms with E-state index in [1.807, 2.05) is 26.0 Å². The van der Waals surface area contributed by atoms with Gasteiger partial charge in [-0.05, 0) is 74.3 Å². The third-order valence-corrected chi connectivity index (χ3v) is 5.53. The van der Waals surface area contributed by atoms with Crippen molar-refractivity contribution in [2.75, 3.05) is 44.9 Å². The molecule has 0 aliphatic rings. The van der Waals surface area contributed by atoms with E-state index < -0.39 is 17.6 Å². The summed E-state index contributed by atoms with van der Waals surface area (Å²) in [6.45, 7) is 1.53. The Labute approximate surface area is 220 Å². The van der Waals surface area contributed by atoms with Gasteiger partial charge in [-0.15, -0.1) is 6.42 Å². The number of likely N-dealkylation sites (N-methyl/N-ethyl adjacent to an activating group) is 2. The van der Waals surface area contributed by atoms with Gasteiger partial charge in [0.2, 0.25) is 0 Å². The molecule has 0 aliphatic carbocycles. The predicted octanol–water partition coefficient (Wildman–Crippen LogP) is 4.79. The lowest BCUT2D eigenvalue weighted by Crippen LogP contribution is -2.25. The summed E-state index contributed by atoms with van der Waals surface area (Å²) in [4.78, 5) is 27.8. The Morgan fingerprint density at radius 2 is 1.68 bits per heavy atom. The minimum absolute atomic E-state index is 0.117. The van der Waals surface area contributed by atoms with Gasteiger partial charge >= 0.3 is 0 Å². The molecule has 0 heterocycles. The van der Waals surface area contributed by atoms with Crippen LogP contribution in [0.4, 0.5) is 15.8 Å². The highest BCUT2D eigenvalue weighted by molar-refractivity contribution is 6.31. The number of anilines is 2. The molecule has 3 rings (SSSR count). The van der Waals surface area contributed by atoms with Gasteiger partial charge in [0.15, 0.2) is 0 Å². The van der Waals surface area contributed by atoms with Crippen LogP contribution in [0, 0.1) is 18.2 Å². The fraction of sp³-hybridized carbons (Fsp3) is 0.179. The first-order valence-electron chi connectivity index (χ1n) is 11.3. The standard InChI is InChI=1S/C28H27ClFN5O2/c1-5-19-6-10-22(11-7-19)32-28(37)24-17-21(29)9-13-26(24)33-27(36)23-12-8-20(16-25(23)30)18-31-35(4)15-14-34(2)3/h1,6-13,16-18H,14-15H2,2-4H3,(H,32,37)(H,33,36). The van der Waals surface area contributed by atoms with Crippen LogP contribution < -0.4 is 10.6 Å². The van der Waals surface area contributed by atoms with Crippen molar-refractivity contribution in [1.29, 1.82) is 0 Å². The third-order valence-electron chi connectivity index (χ3n) is 5.30. The quantitative estimate of drug-likeness (QED) is 0.242. The number of amides is 2. The highest BCUT2D eigenvalue weighted by Crippen LogP contribution is 2.23. The van der Waals surface area contributed by atoms with Gasteiger partial charge in [0.25, 0.3) is 11.8 Å². The predicted molar refractivity (Wildman–Crippen MR) is 147 cm³/mol. The maximum atomic E-state index is 14.8. The first-order chi connectivity index (χ1) is 17.7. The van der Waals surface area contributed by atoms with E-state index in [0.29, 0.717) is 28.4 Å². The lowest BCUT2D eigenvalue weighted by molar-refractivity contribution is 0.102. The fourth-order valence-electron chi connectivity index (χ4n) is 3.21. The molecule has 0 atom stereocenters. The largest absolute Gasteiger partial charge is 0.322 e. The molecule has 0 saturated heterocycles. The van der Waals surface area contributed by atoms with Crippen molar-refractivity contribution in [1.82, 2.24) is 9.91 Å². The molecular formula is C28H27ClFN5O2. The number of hydrogen-bond donors (Lipinski definition) is 2. The fourth-order valence-corrected chi connectivity index (χ4v) is 3.39. The van der Waals surface area contributed by atoms with Gasteiger partial charge in [0.05, 0.1) is 23.0 Å². The summed E-state index contributed by atoms with van der Waals surface area (Å²) in [5.74, 6) is 0.573. The number of benzene rings is 3. The Morgan fingerprint density at radius 1 is 0.973 bits per heavy atom. The Bertz CT molecular complexity index is 1350. The molecule has 0 aromatic heterocycles. The summed E-state index contributed by atoms with van der Waals surface area (Å²) < 4.78 is 14.8. The highest BCUT2D eigenvalue weighted by Gasteiger charge is 2.18. The molecule has 7 nitrogen and oxygen atoms in total. The van der Waals surface area contributed by atoms with Crippen LogP contribution in [0.2, 0.25) is 5.02 Å². The summed E-state index contributed by atoms with van der Waals surface area (Å²) in [6.07, 6.45) is 6.89. The minimum Gasteiger partial charge on any atom is -0.322 e. The molecule has 0 bridgehead atoms. The van der Waals surface area contributed by atoms with Gasteiger partial charge in [-0.25, -0.2) is 4.39 Å². The maximum Gasteiger partial charge on any atom is 0.258 e. The Hall–Kier alpha value is -4.19. The number of rotatable bonds is 9. The van der Waals surface area contributed by atoms with Crippen LogP contribution in [-0.2, 0) is 0 Å². The van der Waals surface area contributed by atoms with Gasteiger partial charge in [-0.3, -0.25) is 14.6 Å². The van der Waals surface area contributed by atoms with Crippen molar-refractivity contribution in [3.8, 4) is 12.3 Å². The van der Waals surface area contributed by atoms with Crippen LogP contribution in [0.25, 0.3) is 0 Å². The third kappa shape index (κ3) is 7.90. The number of hydrogen-bond acceptors (Lipinski definition) is 5. The molecule has 0 aliphatic heterocycles. The average Bonchev–Trinajstić information content (AvgIpc) is 2.87. The zero-order chi connectivity index (χ0) is 26.9. The molecule has 0 radical (unpaired) electrons. The van der Waals surface area contributed by atoms with Crippen molar-refractivity contribution in [3.63, 3.8) is 0 Å². The molecule has 2 N–H and O–H groups in total. The second-order valence-corrected chi connectivity index (χ2v) is 8.92. The average molecular weight is 520 g/mol. The number of halogens is 2.